The number of benzene rings is 2. The second-order valence-electron chi connectivity index (χ2n) is 14.9. The summed E-state index contributed by atoms with van der Waals surface area (Å²) in [5, 5.41) is 14.7. The number of rotatable bonds is 9. The zero-order valence-electron chi connectivity index (χ0n) is 33.0. The van der Waals surface area contributed by atoms with Crippen LogP contribution in [0.25, 0.3) is 10.9 Å². The van der Waals surface area contributed by atoms with Crippen LogP contribution in [0.15, 0.2) is 65.8 Å². The van der Waals surface area contributed by atoms with Crippen molar-refractivity contribution in [3.63, 3.8) is 0 Å². The van der Waals surface area contributed by atoms with Gasteiger partial charge in [-0.3, -0.25) is 38.6 Å². The highest BCUT2D eigenvalue weighted by atomic mass is 16.2. The Morgan fingerprint density at radius 2 is 1.41 bits per heavy atom. The Morgan fingerprint density at radius 1 is 0.729 bits per heavy atom. The number of H-pyrrole nitrogens is 1. The molecule has 2 saturated heterocycles. The highest BCUT2D eigenvalue weighted by molar-refractivity contribution is 5.97. The highest BCUT2D eigenvalue weighted by Crippen LogP contribution is 2.21. The summed E-state index contributed by atoms with van der Waals surface area (Å²) >= 11 is 0. The van der Waals surface area contributed by atoms with Gasteiger partial charge in [-0.25, -0.2) is 0 Å². The largest absolute Gasteiger partial charge is 0.370 e. The van der Waals surface area contributed by atoms with Crippen molar-refractivity contribution >= 4 is 58.2 Å². The van der Waals surface area contributed by atoms with Gasteiger partial charge in [-0.05, 0) is 62.1 Å². The summed E-state index contributed by atoms with van der Waals surface area (Å²) in [6.45, 7) is 0.715. The molecule has 5 unspecified atom stereocenters. The van der Waals surface area contributed by atoms with Gasteiger partial charge in [0.05, 0.1) is 0 Å². The number of nitrogens with zero attached hydrogens (tertiary/aromatic N) is 2. The summed E-state index contributed by atoms with van der Waals surface area (Å²) in [7, 11) is 0. The number of fused-ring (bicyclic) bond motifs is 2. The standard InChI is InChI=1S/C41H55N11O7/c42-36(55)29-14-6-7-19-45-34(53)17-18-35(54)52-21-9-16-33(52)40(59)51-31(22-25-10-2-1-3-11-25)38(57)49-30(15-8-20-46-41(43)44)37(56)50-32(39(58)48-29)23-26-24-47-28-13-5-4-12-27(26)28/h1-5,10-13,24,29-33,47H,6-9,14-23H2,(H2,42,55)(H,45,53)(H,48,58)(H,49,57)(H,50,56)(H,51,59)(H4,43,44,46). The van der Waals surface area contributed by atoms with E-state index in [1.165, 1.54) is 4.90 Å². The minimum Gasteiger partial charge on any atom is -0.370 e. The maximum absolute atomic E-state index is 14.3. The lowest BCUT2D eigenvalue weighted by Crippen LogP contribution is -2.59. The first-order chi connectivity index (χ1) is 28.4. The van der Waals surface area contributed by atoms with Gasteiger partial charge in [-0.15, -0.1) is 0 Å². The molecule has 18 nitrogen and oxygen atoms in total. The number of primary amides is 1. The smallest absolute Gasteiger partial charge is 0.243 e. The van der Waals surface area contributed by atoms with Crippen molar-refractivity contribution < 1.29 is 33.6 Å². The minimum atomic E-state index is -1.23. The fraction of sp³-hybridized carbons (Fsp3) is 0.463. The zero-order chi connectivity index (χ0) is 42.3. The number of carbonyl (C=O) groups is 7. The molecule has 7 amide bonds. The van der Waals surface area contributed by atoms with Crippen LogP contribution in [-0.4, -0.2) is 107 Å². The maximum atomic E-state index is 14.3. The molecule has 0 radical (unpaired) electrons. The van der Waals surface area contributed by atoms with Gasteiger partial charge in [0.15, 0.2) is 5.96 Å². The number of nitrogens with one attached hydrogen (secondary N) is 6. The zero-order valence-corrected chi connectivity index (χ0v) is 33.0. The Balaban J connectivity index is 1.48. The predicted molar refractivity (Wildman–Crippen MR) is 220 cm³/mol. The number of guanidine groups is 1. The number of aliphatic imine (C=N–C) groups is 1. The van der Waals surface area contributed by atoms with Gasteiger partial charge in [0.25, 0.3) is 0 Å². The normalized spacial score (nSPS) is 23.3. The van der Waals surface area contributed by atoms with Crippen molar-refractivity contribution in [1.29, 1.82) is 0 Å². The van der Waals surface area contributed by atoms with E-state index in [9.17, 15) is 33.6 Å². The average Bonchev–Trinajstić information content (AvgIpc) is 3.88. The molecular weight excluding hydrogens is 759 g/mol. The Hall–Kier alpha value is -6.46. The van der Waals surface area contributed by atoms with E-state index in [0.29, 0.717) is 37.8 Å². The Morgan fingerprint density at radius 3 is 2.17 bits per heavy atom. The molecule has 0 aliphatic carbocycles. The first-order valence-corrected chi connectivity index (χ1v) is 20.1. The summed E-state index contributed by atoms with van der Waals surface area (Å²) in [5.41, 5.74) is 19.0. The van der Waals surface area contributed by atoms with Crippen molar-refractivity contribution in [3.05, 3.63) is 71.9 Å². The van der Waals surface area contributed by atoms with Crippen molar-refractivity contribution in [1.82, 2.24) is 36.5 Å². The van der Waals surface area contributed by atoms with E-state index in [1.54, 1.807) is 30.5 Å². The van der Waals surface area contributed by atoms with Gasteiger partial charge in [-0.1, -0.05) is 48.5 Å². The molecule has 3 heterocycles. The average molecular weight is 814 g/mol. The summed E-state index contributed by atoms with van der Waals surface area (Å²) < 4.78 is 0. The van der Waals surface area contributed by atoms with Gasteiger partial charge < -0.3 is 53.7 Å². The van der Waals surface area contributed by atoms with Gasteiger partial charge in [0.1, 0.15) is 30.2 Å². The summed E-state index contributed by atoms with van der Waals surface area (Å²) in [5.74, 6) is -4.23. The number of aromatic nitrogens is 1. The van der Waals surface area contributed by atoms with Gasteiger partial charge in [0, 0.05) is 62.4 Å². The van der Waals surface area contributed by atoms with E-state index in [2.05, 4.69) is 36.6 Å². The van der Waals surface area contributed by atoms with E-state index in [1.807, 2.05) is 30.3 Å². The van der Waals surface area contributed by atoms with E-state index in [0.717, 1.165) is 16.5 Å². The van der Waals surface area contributed by atoms with Crippen molar-refractivity contribution in [2.75, 3.05) is 19.6 Å². The number of hydrogen-bond acceptors (Lipinski definition) is 8. The lowest BCUT2D eigenvalue weighted by molar-refractivity contribution is -0.140. The molecule has 12 N–H and O–H groups in total. The van der Waals surface area contributed by atoms with Crippen LogP contribution in [0.5, 0.6) is 0 Å². The monoisotopic (exact) mass is 813 g/mol. The first-order valence-electron chi connectivity index (χ1n) is 20.1. The molecule has 316 valence electrons. The van der Waals surface area contributed by atoms with E-state index in [-0.39, 0.29) is 75.8 Å². The number of hydrogen-bond donors (Lipinski definition) is 9. The summed E-state index contributed by atoms with van der Waals surface area (Å²) in [6.07, 6.45) is 3.84. The van der Waals surface area contributed by atoms with Gasteiger partial charge in [0.2, 0.25) is 41.4 Å². The highest BCUT2D eigenvalue weighted by Gasteiger charge is 2.37. The molecule has 3 aromatic rings. The number of amides is 7. The van der Waals surface area contributed by atoms with Crippen LogP contribution in [0.3, 0.4) is 0 Å². The third-order valence-corrected chi connectivity index (χ3v) is 10.6. The number of carbonyl (C=O) groups excluding carboxylic acids is 7. The molecule has 1 aromatic heterocycles. The van der Waals surface area contributed by atoms with Crippen molar-refractivity contribution in [3.8, 4) is 0 Å². The van der Waals surface area contributed by atoms with Crippen LogP contribution in [-0.2, 0) is 46.4 Å². The van der Waals surface area contributed by atoms with E-state index >= 15 is 0 Å². The second-order valence-corrected chi connectivity index (χ2v) is 14.9. The predicted octanol–water partition coefficient (Wildman–Crippen LogP) is -0.497. The van der Waals surface area contributed by atoms with Crippen molar-refractivity contribution in [2.24, 2.45) is 22.2 Å². The molecule has 59 heavy (non-hydrogen) atoms. The molecule has 0 spiro atoms. The molecule has 0 bridgehead atoms. The molecule has 2 aliphatic heterocycles. The van der Waals surface area contributed by atoms with Crippen LogP contribution in [0, 0.1) is 0 Å². The van der Waals surface area contributed by atoms with Crippen LogP contribution in [0.4, 0.5) is 0 Å². The van der Waals surface area contributed by atoms with Gasteiger partial charge in [-0.2, -0.15) is 0 Å². The van der Waals surface area contributed by atoms with Crippen LogP contribution < -0.4 is 43.8 Å². The lowest BCUT2D eigenvalue weighted by atomic mass is 10.0. The van der Waals surface area contributed by atoms with Crippen LogP contribution >= 0.6 is 0 Å². The molecule has 0 saturated carbocycles. The van der Waals surface area contributed by atoms with E-state index in [4.69, 9.17) is 17.2 Å². The number of para-hydroxylation sites is 1. The van der Waals surface area contributed by atoms with Crippen molar-refractivity contribution in [2.45, 2.75) is 101 Å². The minimum absolute atomic E-state index is 0.0110. The molecule has 5 atom stereocenters. The lowest BCUT2D eigenvalue weighted by Gasteiger charge is -2.28. The summed E-state index contributed by atoms with van der Waals surface area (Å²) in [6, 6.07) is 10.9. The van der Waals surface area contributed by atoms with Crippen LogP contribution in [0.1, 0.15) is 68.9 Å². The topological polar surface area (TPSA) is 289 Å². The quantitative estimate of drug-likeness (QED) is 0.0764. The number of aromatic amines is 1. The molecule has 18 heteroatoms. The molecule has 2 aromatic carbocycles. The van der Waals surface area contributed by atoms with Crippen LogP contribution in [0.2, 0.25) is 0 Å². The third kappa shape index (κ3) is 12.8. The molecule has 5 rings (SSSR count). The second kappa shape index (κ2) is 21.3. The Bertz CT molecular complexity index is 2000. The Kier molecular flexibility index (Phi) is 15.8. The fourth-order valence-corrected chi connectivity index (χ4v) is 7.42. The Labute approximate surface area is 342 Å². The van der Waals surface area contributed by atoms with Gasteiger partial charge >= 0.3 is 0 Å². The molecule has 2 aliphatic rings. The molecule has 2 fully saturated rings. The number of nitrogens with two attached hydrogens (primary N) is 3. The van der Waals surface area contributed by atoms with E-state index < -0.39 is 59.7 Å². The molecular formula is C41H55N11O7. The maximum Gasteiger partial charge on any atom is 0.243 e. The SMILES string of the molecule is NC(=O)C1CCCCNC(=O)CCC(=O)N2CCCC2C(=O)NC(Cc2ccccc2)C(=O)NC(CCCN=C(N)N)C(=O)NC(Cc2c[nH]c3ccccc23)C(=O)N1. The first kappa shape index (κ1) is 43.7. The summed E-state index contributed by atoms with van der Waals surface area (Å²) in [4.78, 5) is 104. The fourth-order valence-electron chi connectivity index (χ4n) is 7.42. The third-order valence-electron chi connectivity index (χ3n) is 10.6.